The van der Waals surface area contributed by atoms with Crippen molar-refractivity contribution in [1.82, 2.24) is 5.32 Å². The van der Waals surface area contributed by atoms with Crippen molar-refractivity contribution in [1.29, 1.82) is 10.5 Å². The van der Waals surface area contributed by atoms with Crippen LogP contribution < -0.4 is 11.1 Å². The summed E-state index contributed by atoms with van der Waals surface area (Å²) in [6, 6.07) is 11.6. The molecule has 0 bridgehead atoms. The van der Waals surface area contributed by atoms with Crippen molar-refractivity contribution in [3.05, 3.63) is 50.4 Å². The topological polar surface area (TPSA) is 85.6 Å². The lowest BCUT2D eigenvalue weighted by Crippen LogP contribution is -2.36. The minimum atomic E-state index is -0.617. The molecule has 4 nitrogen and oxygen atoms in total. The molecule has 1 aliphatic heterocycles. The molecule has 1 aliphatic rings. The van der Waals surface area contributed by atoms with E-state index in [1.165, 1.54) is 0 Å². The first-order valence-corrected chi connectivity index (χ1v) is 6.87. The zero-order chi connectivity index (χ0) is 14.0. The van der Waals surface area contributed by atoms with Crippen LogP contribution in [0.4, 0.5) is 0 Å². The fourth-order valence-corrected chi connectivity index (χ4v) is 2.81. The number of rotatable bonds is 1. The number of benzene rings is 1. The van der Waals surface area contributed by atoms with Gasteiger partial charge in [0.05, 0.1) is 6.07 Å². The van der Waals surface area contributed by atoms with Crippen molar-refractivity contribution >= 4 is 40.8 Å². The zero-order valence-electron chi connectivity index (χ0n) is 9.64. The van der Waals surface area contributed by atoms with Crippen LogP contribution in [0.15, 0.2) is 41.2 Å². The van der Waals surface area contributed by atoms with Crippen LogP contribution in [-0.4, -0.2) is 5.37 Å². The number of hydrogen-bond donors (Lipinski definition) is 2. The van der Waals surface area contributed by atoms with E-state index in [-0.39, 0.29) is 11.4 Å². The van der Waals surface area contributed by atoms with Gasteiger partial charge >= 0.3 is 0 Å². The minimum absolute atomic E-state index is 0.219. The summed E-state index contributed by atoms with van der Waals surface area (Å²) < 4.78 is 0.938. The number of dihydropyridines is 1. The van der Waals surface area contributed by atoms with Crippen LogP contribution in [0.5, 0.6) is 0 Å². The van der Waals surface area contributed by atoms with Gasteiger partial charge < -0.3 is 23.7 Å². The summed E-state index contributed by atoms with van der Waals surface area (Å²) >= 11 is 7.35. The number of allylic oxidation sites excluding steroid dienone is 2. The third-order valence-corrected chi connectivity index (χ3v) is 4.01. The fourth-order valence-electron chi connectivity index (χ4n) is 1.86. The predicted molar refractivity (Wildman–Crippen MR) is 82.8 cm³/mol. The van der Waals surface area contributed by atoms with Crippen molar-refractivity contribution in [2.45, 2.75) is 5.37 Å². The van der Waals surface area contributed by atoms with Crippen molar-refractivity contribution in [2.24, 2.45) is 5.73 Å². The Morgan fingerprint density at radius 2 is 1.95 bits per heavy atom. The summed E-state index contributed by atoms with van der Waals surface area (Å²) in [6.45, 7) is 0. The lowest BCUT2D eigenvalue weighted by atomic mass is 9.91. The second kappa shape index (κ2) is 5.55. The largest absolute Gasteiger partial charge is 0.763 e. The molecule has 0 spiro atoms. The standard InChI is InChI=1S/C13H9IN4S/c14-10-4-2-1-3-7(10)11-8(5-15)12(17)18-13(19)9(11)6-16/h1-4,13,18-19H,17H2/p-1. The molecule has 3 N–H and O–H groups in total. The highest BCUT2D eigenvalue weighted by molar-refractivity contribution is 14.1. The molecule has 94 valence electrons. The van der Waals surface area contributed by atoms with E-state index >= 15 is 0 Å². The van der Waals surface area contributed by atoms with Crippen molar-refractivity contribution in [2.75, 3.05) is 0 Å². The summed E-state index contributed by atoms with van der Waals surface area (Å²) in [5.41, 5.74) is 7.76. The Balaban J connectivity index is 2.79. The summed E-state index contributed by atoms with van der Waals surface area (Å²) in [5, 5.41) is 20.7. The second-order valence-electron chi connectivity index (χ2n) is 3.81. The van der Waals surface area contributed by atoms with E-state index in [0.717, 1.165) is 9.13 Å². The van der Waals surface area contributed by atoms with E-state index in [2.05, 4.69) is 34.0 Å². The van der Waals surface area contributed by atoms with Gasteiger partial charge in [0.25, 0.3) is 0 Å². The molecule has 1 unspecified atom stereocenters. The molecular weight excluding hydrogens is 371 g/mol. The van der Waals surface area contributed by atoms with Crippen LogP contribution in [0.25, 0.3) is 5.57 Å². The first-order valence-electron chi connectivity index (χ1n) is 5.32. The van der Waals surface area contributed by atoms with Crippen molar-refractivity contribution in [3.63, 3.8) is 0 Å². The Labute approximate surface area is 130 Å². The molecule has 0 saturated carbocycles. The van der Waals surface area contributed by atoms with Gasteiger partial charge in [0.15, 0.2) is 0 Å². The van der Waals surface area contributed by atoms with E-state index in [1.807, 2.05) is 30.3 Å². The second-order valence-corrected chi connectivity index (χ2v) is 5.44. The smallest absolute Gasteiger partial charge is 0.114 e. The summed E-state index contributed by atoms with van der Waals surface area (Å²) in [7, 11) is 0. The van der Waals surface area contributed by atoms with Crippen LogP contribution in [-0.2, 0) is 12.6 Å². The Bertz CT molecular complexity index is 679. The van der Waals surface area contributed by atoms with E-state index < -0.39 is 5.37 Å². The number of nitrogens with one attached hydrogen (secondary N) is 1. The summed E-state index contributed by atoms with van der Waals surface area (Å²) in [6.07, 6.45) is 0. The van der Waals surface area contributed by atoms with Gasteiger partial charge in [-0.3, -0.25) is 0 Å². The highest BCUT2D eigenvalue weighted by atomic mass is 127. The molecule has 2 rings (SSSR count). The number of nitrogens with zero attached hydrogens (tertiary/aromatic N) is 2. The Morgan fingerprint density at radius 3 is 2.53 bits per heavy atom. The van der Waals surface area contributed by atoms with Crippen LogP contribution in [0.2, 0.25) is 0 Å². The molecule has 0 radical (unpaired) electrons. The molecule has 0 aromatic heterocycles. The van der Waals surface area contributed by atoms with E-state index in [1.54, 1.807) is 0 Å². The molecule has 19 heavy (non-hydrogen) atoms. The van der Waals surface area contributed by atoms with Gasteiger partial charge in [-0.2, -0.15) is 10.5 Å². The molecular formula is C13H8IN4S-. The fraction of sp³-hybridized carbons (Fsp3) is 0.0769. The molecule has 0 aliphatic carbocycles. The van der Waals surface area contributed by atoms with E-state index in [4.69, 9.17) is 18.4 Å². The number of nitriles is 2. The normalized spacial score (nSPS) is 18.6. The third kappa shape index (κ3) is 2.42. The predicted octanol–water partition coefficient (Wildman–Crippen LogP) is 1.74. The molecule has 6 heteroatoms. The summed E-state index contributed by atoms with van der Waals surface area (Å²) in [4.78, 5) is 0. The monoisotopic (exact) mass is 379 g/mol. The van der Waals surface area contributed by atoms with Crippen LogP contribution >= 0.6 is 22.6 Å². The van der Waals surface area contributed by atoms with Gasteiger partial charge in [-0.15, -0.1) is 0 Å². The van der Waals surface area contributed by atoms with Crippen LogP contribution in [0.1, 0.15) is 5.56 Å². The van der Waals surface area contributed by atoms with Crippen molar-refractivity contribution in [3.8, 4) is 12.1 Å². The lowest BCUT2D eigenvalue weighted by Gasteiger charge is -2.32. The Kier molecular flexibility index (Phi) is 4.03. The van der Waals surface area contributed by atoms with Gasteiger partial charge in [-0.05, 0) is 34.2 Å². The number of halogens is 1. The first kappa shape index (κ1) is 13.8. The lowest BCUT2D eigenvalue weighted by molar-refractivity contribution is 0.808. The quantitative estimate of drug-likeness (QED) is 0.574. The highest BCUT2D eigenvalue weighted by Crippen LogP contribution is 2.34. The maximum absolute atomic E-state index is 9.29. The Morgan fingerprint density at radius 1 is 1.26 bits per heavy atom. The van der Waals surface area contributed by atoms with E-state index in [9.17, 15) is 10.5 Å². The zero-order valence-corrected chi connectivity index (χ0v) is 12.6. The summed E-state index contributed by atoms with van der Waals surface area (Å²) in [5.74, 6) is 0.219. The van der Waals surface area contributed by atoms with Crippen LogP contribution in [0.3, 0.4) is 0 Å². The molecule has 1 aromatic rings. The van der Waals surface area contributed by atoms with Gasteiger partial charge in [-0.25, -0.2) is 0 Å². The van der Waals surface area contributed by atoms with Gasteiger partial charge in [0, 0.05) is 14.7 Å². The van der Waals surface area contributed by atoms with Gasteiger partial charge in [-0.1, -0.05) is 23.6 Å². The number of hydrogen-bond acceptors (Lipinski definition) is 5. The van der Waals surface area contributed by atoms with E-state index in [0.29, 0.717) is 11.1 Å². The van der Waals surface area contributed by atoms with Crippen molar-refractivity contribution < 1.29 is 0 Å². The molecule has 0 amide bonds. The Hall–Kier alpha value is -1.64. The maximum atomic E-state index is 9.29. The SMILES string of the molecule is N#CC1=C(N)NC([S-])C(C#N)=C1c1ccccc1I. The average molecular weight is 379 g/mol. The van der Waals surface area contributed by atoms with Gasteiger partial charge in [0.1, 0.15) is 17.5 Å². The van der Waals surface area contributed by atoms with Gasteiger partial charge in [0.2, 0.25) is 0 Å². The first-order chi connectivity index (χ1) is 9.10. The highest BCUT2D eigenvalue weighted by Gasteiger charge is 2.24. The average Bonchev–Trinajstić information content (AvgIpc) is 2.38. The minimum Gasteiger partial charge on any atom is -0.763 e. The molecule has 1 aromatic carbocycles. The number of nitrogens with two attached hydrogens (primary N) is 1. The molecule has 0 saturated heterocycles. The maximum Gasteiger partial charge on any atom is 0.114 e. The third-order valence-electron chi connectivity index (χ3n) is 2.71. The molecule has 1 atom stereocenters. The van der Waals surface area contributed by atoms with Crippen LogP contribution in [0, 0.1) is 26.2 Å². The molecule has 1 heterocycles. The molecule has 0 fully saturated rings.